The van der Waals surface area contributed by atoms with E-state index in [0.29, 0.717) is 17.8 Å². The molecule has 2 saturated heterocycles. The number of para-hydroxylation sites is 1. The smallest absolute Gasteiger partial charge is 0.270 e. The lowest BCUT2D eigenvalue weighted by atomic mass is 10.2. The Morgan fingerprint density at radius 3 is 2.67 bits per heavy atom. The van der Waals surface area contributed by atoms with Crippen molar-refractivity contribution in [2.45, 2.75) is 24.4 Å². The van der Waals surface area contributed by atoms with E-state index in [1.807, 2.05) is 29.2 Å². The van der Waals surface area contributed by atoms with Gasteiger partial charge in [0.25, 0.3) is 5.91 Å². The summed E-state index contributed by atoms with van der Waals surface area (Å²) >= 11 is 1.42. The molecule has 0 bridgehead atoms. The minimum absolute atomic E-state index is 0.0332. The van der Waals surface area contributed by atoms with Gasteiger partial charge in [0, 0.05) is 43.3 Å². The van der Waals surface area contributed by atoms with Gasteiger partial charge >= 0.3 is 0 Å². The van der Waals surface area contributed by atoms with E-state index in [2.05, 4.69) is 9.88 Å². The van der Waals surface area contributed by atoms with E-state index in [1.54, 1.807) is 12.3 Å². The number of aromatic amines is 1. The quantitative estimate of drug-likeness (QED) is 0.326. The number of likely N-dealkylation sites (tertiary alicyclic amines) is 1. The number of rotatable bonds is 7. The molecule has 2 fully saturated rings. The van der Waals surface area contributed by atoms with Gasteiger partial charge in [-0.15, -0.1) is 0 Å². The minimum Gasteiger partial charge on any atom is -0.379 e. The van der Waals surface area contributed by atoms with Crippen LogP contribution in [-0.4, -0.2) is 81.6 Å². The van der Waals surface area contributed by atoms with Crippen molar-refractivity contribution >= 4 is 34.4 Å². The molecule has 0 unspecified atom stereocenters. The van der Waals surface area contributed by atoms with Crippen LogP contribution < -0.4 is 0 Å². The van der Waals surface area contributed by atoms with Gasteiger partial charge in [0.05, 0.1) is 31.0 Å². The van der Waals surface area contributed by atoms with E-state index in [4.69, 9.17) is 14.7 Å². The largest absolute Gasteiger partial charge is 0.379 e. The third-order valence-electron chi connectivity index (χ3n) is 6.05. The number of ketones is 1. The Bertz CT molecular complexity index is 1150. The molecule has 3 aromatic rings. The molecule has 2 aliphatic rings. The zero-order valence-corrected chi connectivity index (χ0v) is 19.3. The molecule has 0 spiro atoms. The van der Waals surface area contributed by atoms with Gasteiger partial charge < -0.3 is 14.6 Å². The first kappa shape index (κ1) is 22.1. The summed E-state index contributed by atoms with van der Waals surface area (Å²) in [6.07, 6.45) is 3.71. The molecule has 8 nitrogen and oxygen atoms in total. The van der Waals surface area contributed by atoms with Crippen molar-refractivity contribution in [3.05, 3.63) is 53.6 Å². The lowest BCUT2D eigenvalue weighted by Crippen LogP contribution is -2.36. The summed E-state index contributed by atoms with van der Waals surface area (Å²) in [7, 11) is 0. The number of carbonyl (C=O) groups is 2. The van der Waals surface area contributed by atoms with Crippen LogP contribution in [-0.2, 0) is 11.3 Å². The average Bonchev–Trinajstić information content (AvgIpc) is 3.55. The maximum Gasteiger partial charge on any atom is 0.270 e. The Morgan fingerprint density at radius 1 is 1.06 bits per heavy atom. The summed E-state index contributed by atoms with van der Waals surface area (Å²) in [5.41, 5.74) is 1.88. The summed E-state index contributed by atoms with van der Waals surface area (Å²) in [6, 6.07) is 9.57. The van der Waals surface area contributed by atoms with Crippen LogP contribution in [0.25, 0.3) is 10.9 Å². The summed E-state index contributed by atoms with van der Waals surface area (Å²) < 4.78 is 5.43. The second-order valence-corrected chi connectivity index (χ2v) is 9.33. The Labute approximate surface area is 196 Å². The second kappa shape index (κ2) is 10.0. The first-order chi connectivity index (χ1) is 16.2. The number of hydrogen-bond donors (Lipinski definition) is 1. The zero-order valence-electron chi connectivity index (χ0n) is 18.5. The van der Waals surface area contributed by atoms with Gasteiger partial charge in [-0.05, 0) is 25.0 Å². The topological polar surface area (TPSA) is 91.4 Å². The predicted molar refractivity (Wildman–Crippen MR) is 127 cm³/mol. The van der Waals surface area contributed by atoms with Gasteiger partial charge in [-0.2, -0.15) is 0 Å². The summed E-state index contributed by atoms with van der Waals surface area (Å²) in [6.45, 7) is 5.40. The maximum absolute atomic E-state index is 12.9. The third kappa shape index (κ3) is 5.10. The number of carbonyl (C=O) groups excluding carboxylic acids is 2. The van der Waals surface area contributed by atoms with Crippen LogP contribution in [0.1, 0.15) is 39.5 Å². The van der Waals surface area contributed by atoms with Crippen molar-refractivity contribution in [1.29, 1.82) is 0 Å². The summed E-state index contributed by atoms with van der Waals surface area (Å²) in [4.78, 5) is 42.1. The highest BCUT2D eigenvalue weighted by Gasteiger charge is 2.22. The number of benzene rings is 1. The molecule has 1 aromatic carbocycles. The molecular weight excluding hydrogens is 438 g/mol. The predicted octanol–water partition coefficient (Wildman–Crippen LogP) is 3.00. The van der Waals surface area contributed by atoms with Crippen molar-refractivity contribution in [3.63, 3.8) is 0 Å². The van der Waals surface area contributed by atoms with Gasteiger partial charge in [-0.3, -0.25) is 14.5 Å². The van der Waals surface area contributed by atoms with Crippen LogP contribution >= 0.6 is 11.8 Å². The fourth-order valence-corrected chi connectivity index (χ4v) is 5.15. The average molecular weight is 466 g/mol. The van der Waals surface area contributed by atoms with Crippen molar-refractivity contribution < 1.29 is 14.3 Å². The zero-order chi connectivity index (χ0) is 22.6. The molecule has 172 valence electrons. The van der Waals surface area contributed by atoms with Gasteiger partial charge in [-0.25, -0.2) is 9.97 Å². The van der Waals surface area contributed by atoms with Gasteiger partial charge in [0.2, 0.25) is 0 Å². The van der Waals surface area contributed by atoms with E-state index in [0.717, 1.165) is 74.0 Å². The van der Waals surface area contributed by atoms with Crippen molar-refractivity contribution in [1.82, 2.24) is 24.8 Å². The third-order valence-corrected chi connectivity index (χ3v) is 7.04. The molecule has 2 aliphatic heterocycles. The molecule has 5 rings (SSSR count). The Balaban J connectivity index is 1.29. The van der Waals surface area contributed by atoms with E-state index >= 15 is 0 Å². The first-order valence-electron chi connectivity index (χ1n) is 11.4. The SMILES string of the molecule is O=C(CSc1nc(CN2CCOCC2)nc2ccccc12)c1c[nH]c(C(=O)N2CCCC2)c1. The highest BCUT2D eigenvalue weighted by atomic mass is 32.2. The number of morpholine rings is 1. The van der Waals surface area contributed by atoms with Crippen molar-refractivity contribution in [2.24, 2.45) is 0 Å². The molecule has 0 atom stereocenters. The molecule has 1 N–H and O–H groups in total. The van der Waals surface area contributed by atoms with Crippen LogP contribution in [0.4, 0.5) is 0 Å². The van der Waals surface area contributed by atoms with Crippen LogP contribution in [0.3, 0.4) is 0 Å². The maximum atomic E-state index is 12.9. The molecule has 0 radical (unpaired) electrons. The van der Waals surface area contributed by atoms with Gasteiger partial charge in [-0.1, -0.05) is 30.0 Å². The number of nitrogens with zero attached hydrogens (tertiary/aromatic N) is 4. The van der Waals surface area contributed by atoms with Crippen molar-refractivity contribution in [3.8, 4) is 0 Å². The van der Waals surface area contributed by atoms with Crippen LogP contribution in [0.15, 0.2) is 41.6 Å². The second-order valence-electron chi connectivity index (χ2n) is 8.36. The summed E-state index contributed by atoms with van der Waals surface area (Å²) in [5, 5.41) is 1.75. The van der Waals surface area contributed by atoms with Gasteiger partial charge in [0.1, 0.15) is 16.5 Å². The number of H-pyrrole nitrogens is 1. The number of fused-ring (bicyclic) bond motifs is 1. The van der Waals surface area contributed by atoms with E-state index in [9.17, 15) is 9.59 Å². The molecule has 0 saturated carbocycles. The highest BCUT2D eigenvalue weighted by molar-refractivity contribution is 8.00. The normalized spacial score (nSPS) is 17.0. The lowest BCUT2D eigenvalue weighted by molar-refractivity contribution is 0.0330. The fraction of sp³-hybridized carbons (Fsp3) is 0.417. The van der Waals surface area contributed by atoms with E-state index < -0.39 is 0 Å². The number of thioether (sulfide) groups is 1. The molecule has 9 heteroatoms. The van der Waals surface area contributed by atoms with Gasteiger partial charge in [0.15, 0.2) is 5.78 Å². The number of aromatic nitrogens is 3. The van der Waals surface area contributed by atoms with Crippen molar-refractivity contribution in [2.75, 3.05) is 45.1 Å². The van der Waals surface area contributed by atoms with E-state index in [-0.39, 0.29) is 17.4 Å². The number of amides is 1. The molecular formula is C24H27N5O3S. The minimum atomic E-state index is -0.0336. The number of Topliss-reactive ketones (excluding diaryl/α,β-unsaturated/α-hetero) is 1. The molecule has 1 amide bonds. The lowest BCUT2D eigenvalue weighted by Gasteiger charge is -2.25. The number of nitrogens with one attached hydrogen (secondary N) is 1. The molecule has 2 aromatic heterocycles. The Hall–Kier alpha value is -2.75. The fourth-order valence-electron chi connectivity index (χ4n) is 4.22. The number of hydrogen-bond acceptors (Lipinski definition) is 7. The van der Waals surface area contributed by atoms with Crippen LogP contribution in [0.5, 0.6) is 0 Å². The Morgan fingerprint density at radius 2 is 1.85 bits per heavy atom. The molecule has 33 heavy (non-hydrogen) atoms. The standard InChI is InChI=1S/C24H27N5O3S/c30-21(17-13-20(25-14-17)24(31)29-7-3-4-8-29)16-33-23-18-5-1-2-6-19(18)26-22(27-23)15-28-9-11-32-12-10-28/h1-2,5-6,13-14,25H,3-4,7-12,15-16H2. The first-order valence-corrected chi connectivity index (χ1v) is 12.4. The van der Waals surface area contributed by atoms with E-state index in [1.165, 1.54) is 11.8 Å². The molecule has 4 heterocycles. The Kier molecular flexibility index (Phi) is 6.70. The number of ether oxygens (including phenoxy) is 1. The summed E-state index contributed by atoms with van der Waals surface area (Å²) in [5.74, 6) is 0.932. The highest BCUT2D eigenvalue weighted by Crippen LogP contribution is 2.26. The monoisotopic (exact) mass is 465 g/mol. The molecule has 0 aliphatic carbocycles. The van der Waals surface area contributed by atoms with Crippen LogP contribution in [0.2, 0.25) is 0 Å². The van der Waals surface area contributed by atoms with Crippen LogP contribution in [0, 0.1) is 0 Å².